The SMILES string of the molecule is COc1ccc2c3c1O[C@@H]1C(OC(=O)[C@@H](O)CC(=O)O[C@@H](C)C(=O)O[C@H](C(=O)O)c4ccccc4)=CC[C@]4(O)[C@@H](CCC[C@@]314)C2. The Kier molecular flexibility index (Phi) is 7.82. The first kappa shape index (κ1) is 30.6. The van der Waals surface area contributed by atoms with Crippen molar-refractivity contribution in [2.24, 2.45) is 5.92 Å². The number of aliphatic carboxylic acids is 1. The van der Waals surface area contributed by atoms with E-state index in [2.05, 4.69) is 0 Å². The second-order valence-electron chi connectivity index (χ2n) is 12.0. The van der Waals surface area contributed by atoms with Crippen molar-refractivity contribution >= 4 is 23.9 Å². The first-order chi connectivity index (χ1) is 21.5. The quantitative estimate of drug-likeness (QED) is 0.261. The number of hydrogen-bond acceptors (Lipinski definition) is 11. The monoisotopic (exact) mass is 622 g/mol. The summed E-state index contributed by atoms with van der Waals surface area (Å²) >= 11 is 0. The molecule has 45 heavy (non-hydrogen) atoms. The Morgan fingerprint density at radius 3 is 2.53 bits per heavy atom. The number of aliphatic hydroxyl groups excluding tert-OH is 1. The minimum absolute atomic E-state index is 0.00907. The fourth-order valence-corrected chi connectivity index (χ4v) is 7.50. The van der Waals surface area contributed by atoms with E-state index in [1.54, 1.807) is 24.3 Å². The molecule has 238 valence electrons. The minimum atomic E-state index is -1.95. The topological polar surface area (TPSA) is 175 Å². The Morgan fingerprint density at radius 2 is 1.82 bits per heavy atom. The standard InChI is InChI=1S/C33H34O12/c1-17(30(38)45-26(29(36)37)18-7-4-3-5-8-18)42-24(35)16-21(34)31(39)43-23-12-14-33(40)20-9-6-13-32(33)25-19(15-20)10-11-22(41-2)27(25)44-28(23)32/h3-5,7-8,10-12,17,20-21,26,28,34,40H,6,9,13-16H2,1-2H3,(H,36,37)/t17-,20-,21-,26-,28+,32+,33-/m0/s1. The molecule has 0 aromatic heterocycles. The Balaban J connectivity index is 1.12. The van der Waals surface area contributed by atoms with Gasteiger partial charge in [0, 0.05) is 11.1 Å². The lowest BCUT2D eigenvalue weighted by atomic mass is 9.47. The number of aliphatic hydroxyl groups is 2. The third kappa shape index (κ3) is 4.92. The highest BCUT2D eigenvalue weighted by molar-refractivity contribution is 5.85. The van der Waals surface area contributed by atoms with Gasteiger partial charge in [0.2, 0.25) is 6.10 Å². The number of methoxy groups -OCH3 is 1. The molecule has 2 aromatic carbocycles. The minimum Gasteiger partial charge on any atom is -0.493 e. The fraction of sp³-hybridized carbons (Fsp3) is 0.455. The van der Waals surface area contributed by atoms with Gasteiger partial charge in [0.05, 0.1) is 24.5 Å². The van der Waals surface area contributed by atoms with Gasteiger partial charge in [0.15, 0.2) is 29.8 Å². The van der Waals surface area contributed by atoms with Crippen LogP contribution < -0.4 is 9.47 Å². The van der Waals surface area contributed by atoms with Gasteiger partial charge >= 0.3 is 23.9 Å². The van der Waals surface area contributed by atoms with Crippen molar-refractivity contribution in [1.29, 1.82) is 0 Å². The van der Waals surface area contributed by atoms with E-state index in [1.165, 1.54) is 26.2 Å². The zero-order chi connectivity index (χ0) is 32.1. The zero-order valence-corrected chi connectivity index (χ0v) is 24.8. The molecule has 12 heteroatoms. The van der Waals surface area contributed by atoms with Crippen molar-refractivity contribution in [2.75, 3.05) is 7.11 Å². The van der Waals surface area contributed by atoms with Gasteiger partial charge in [-0.05, 0) is 56.2 Å². The summed E-state index contributed by atoms with van der Waals surface area (Å²) in [6.07, 6.45) is -1.97. The van der Waals surface area contributed by atoms with E-state index in [4.69, 9.17) is 23.7 Å². The van der Waals surface area contributed by atoms with Crippen LogP contribution in [0.4, 0.5) is 0 Å². The van der Waals surface area contributed by atoms with Gasteiger partial charge in [-0.2, -0.15) is 0 Å². The summed E-state index contributed by atoms with van der Waals surface area (Å²) in [6, 6.07) is 11.6. The highest BCUT2D eigenvalue weighted by atomic mass is 16.6. The van der Waals surface area contributed by atoms with E-state index >= 15 is 0 Å². The molecule has 12 nitrogen and oxygen atoms in total. The lowest BCUT2D eigenvalue weighted by molar-refractivity contribution is -0.178. The van der Waals surface area contributed by atoms with Crippen LogP contribution in [0.15, 0.2) is 54.3 Å². The van der Waals surface area contributed by atoms with Crippen LogP contribution in [0.5, 0.6) is 11.5 Å². The van der Waals surface area contributed by atoms with Crippen molar-refractivity contribution in [3.63, 3.8) is 0 Å². The van der Waals surface area contributed by atoms with Gasteiger partial charge in [-0.25, -0.2) is 14.4 Å². The molecule has 0 amide bonds. The fourth-order valence-electron chi connectivity index (χ4n) is 7.50. The maximum atomic E-state index is 13.0. The first-order valence-electron chi connectivity index (χ1n) is 14.9. The first-order valence-corrected chi connectivity index (χ1v) is 14.9. The lowest BCUT2D eigenvalue weighted by Crippen LogP contribution is -2.67. The lowest BCUT2D eigenvalue weighted by Gasteiger charge is -2.59. The van der Waals surface area contributed by atoms with Crippen molar-refractivity contribution in [3.05, 3.63) is 71.0 Å². The van der Waals surface area contributed by atoms with E-state index < -0.39 is 65.7 Å². The van der Waals surface area contributed by atoms with Crippen molar-refractivity contribution in [1.82, 2.24) is 0 Å². The Morgan fingerprint density at radius 1 is 1.07 bits per heavy atom. The summed E-state index contributed by atoms with van der Waals surface area (Å²) in [5.74, 6) is -3.66. The molecule has 0 radical (unpaired) electrons. The van der Waals surface area contributed by atoms with Crippen LogP contribution in [0.1, 0.15) is 61.8 Å². The smallest absolute Gasteiger partial charge is 0.349 e. The number of ether oxygens (including phenoxy) is 5. The van der Waals surface area contributed by atoms with Crippen LogP contribution in [0, 0.1) is 5.92 Å². The second-order valence-corrected chi connectivity index (χ2v) is 12.0. The molecule has 4 aliphatic rings. The molecule has 3 N–H and O–H groups in total. The molecular weight excluding hydrogens is 588 g/mol. The highest BCUT2D eigenvalue weighted by Gasteiger charge is 2.71. The number of hydrogen-bond donors (Lipinski definition) is 3. The third-order valence-electron chi connectivity index (χ3n) is 9.52. The molecular formula is C33H34O12. The number of carboxylic acids is 1. The second kappa shape index (κ2) is 11.5. The maximum absolute atomic E-state index is 13.0. The predicted molar refractivity (Wildman–Crippen MR) is 153 cm³/mol. The number of carboxylic acid groups (broad SMARTS) is 1. The molecule has 1 aliphatic heterocycles. The van der Waals surface area contributed by atoms with E-state index in [1.807, 2.05) is 12.1 Å². The molecule has 6 rings (SSSR count). The van der Waals surface area contributed by atoms with Gasteiger partial charge in [0.1, 0.15) is 5.76 Å². The molecule has 0 unspecified atom stereocenters. The Labute approximate surface area is 258 Å². The van der Waals surface area contributed by atoms with Gasteiger partial charge in [-0.15, -0.1) is 0 Å². The van der Waals surface area contributed by atoms with Crippen molar-refractivity contribution < 1.29 is 58.2 Å². The van der Waals surface area contributed by atoms with E-state index in [0.29, 0.717) is 24.3 Å². The summed E-state index contributed by atoms with van der Waals surface area (Å²) < 4.78 is 27.6. The molecule has 3 aliphatic carbocycles. The number of carbonyl (C=O) groups excluding carboxylic acids is 3. The predicted octanol–water partition coefficient (Wildman–Crippen LogP) is 2.66. The average Bonchev–Trinajstić information content (AvgIpc) is 3.36. The highest BCUT2D eigenvalue weighted by Crippen LogP contribution is 2.67. The molecule has 2 aromatic rings. The molecule has 1 fully saturated rings. The van der Waals surface area contributed by atoms with Crippen LogP contribution in [-0.2, 0) is 45.2 Å². The van der Waals surface area contributed by atoms with E-state index in [-0.39, 0.29) is 23.7 Å². The van der Waals surface area contributed by atoms with Gasteiger partial charge in [-0.1, -0.05) is 42.8 Å². The number of rotatable bonds is 10. The molecule has 0 saturated heterocycles. The van der Waals surface area contributed by atoms with Gasteiger partial charge < -0.3 is 39.0 Å². The number of esters is 3. The normalized spacial score (nSPS) is 27.4. The summed E-state index contributed by atoms with van der Waals surface area (Å²) in [5.41, 5.74) is 0.152. The zero-order valence-electron chi connectivity index (χ0n) is 24.8. The maximum Gasteiger partial charge on any atom is 0.349 e. The van der Waals surface area contributed by atoms with Crippen LogP contribution in [-0.4, -0.2) is 70.2 Å². The molecule has 7 atom stereocenters. The van der Waals surface area contributed by atoms with E-state index in [9.17, 15) is 34.5 Å². The Hall–Kier alpha value is -4.42. The van der Waals surface area contributed by atoms with Gasteiger partial charge in [-0.3, -0.25) is 4.79 Å². The molecule has 1 saturated carbocycles. The van der Waals surface area contributed by atoms with Crippen molar-refractivity contribution in [2.45, 2.75) is 80.9 Å². The number of benzene rings is 2. The summed E-state index contributed by atoms with van der Waals surface area (Å²) in [5, 5.41) is 32.2. The van der Waals surface area contributed by atoms with Crippen LogP contribution in [0.2, 0.25) is 0 Å². The largest absolute Gasteiger partial charge is 0.493 e. The van der Waals surface area contributed by atoms with Crippen molar-refractivity contribution in [3.8, 4) is 11.5 Å². The summed E-state index contributed by atoms with van der Waals surface area (Å²) in [7, 11) is 1.53. The Bertz CT molecular complexity index is 1570. The van der Waals surface area contributed by atoms with E-state index in [0.717, 1.165) is 24.0 Å². The third-order valence-corrected chi connectivity index (χ3v) is 9.52. The summed E-state index contributed by atoms with van der Waals surface area (Å²) in [4.78, 5) is 49.7. The molecule has 1 heterocycles. The van der Waals surface area contributed by atoms with Crippen LogP contribution in [0.3, 0.4) is 0 Å². The number of carbonyl (C=O) groups is 4. The van der Waals surface area contributed by atoms with Gasteiger partial charge in [0.25, 0.3) is 0 Å². The van der Waals surface area contributed by atoms with Crippen LogP contribution >= 0.6 is 0 Å². The average molecular weight is 623 g/mol. The van der Waals surface area contributed by atoms with Crippen LogP contribution in [0.25, 0.3) is 0 Å². The molecule has 1 spiro atoms. The summed E-state index contributed by atoms with van der Waals surface area (Å²) in [6.45, 7) is 1.18. The molecule has 2 bridgehead atoms.